The zero-order chi connectivity index (χ0) is 18.1. The minimum atomic E-state index is 0.413. The third-order valence-corrected chi connectivity index (χ3v) is 4.78. The van der Waals surface area contributed by atoms with E-state index in [0.29, 0.717) is 11.5 Å². The molecule has 0 saturated carbocycles. The normalized spacial score (nSPS) is 10.8. The quantitative estimate of drug-likeness (QED) is 0.532. The van der Waals surface area contributed by atoms with Crippen molar-refractivity contribution in [1.29, 1.82) is 0 Å². The summed E-state index contributed by atoms with van der Waals surface area (Å²) in [5.41, 5.74) is 10.4. The highest BCUT2D eigenvalue weighted by Crippen LogP contribution is 2.37. The van der Waals surface area contributed by atoms with Gasteiger partial charge >= 0.3 is 0 Å². The smallest absolute Gasteiger partial charge is 0.165 e. The van der Waals surface area contributed by atoms with Crippen LogP contribution in [0.3, 0.4) is 0 Å². The van der Waals surface area contributed by atoms with Gasteiger partial charge in [0.2, 0.25) is 0 Å². The molecule has 0 atom stereocenters. The van der Waals surface area contributed by atoms with Gasteiger partial charge in [0.25, 0.3) is 0 Å². The summed E-state index contributed by atoms with van der Waals surface area (Å²) in [5.74, 6) is 1.18. The fourth-order valence-corrected chi connectivity index (χ4v) is 3.42. The van der Waals surface area contributed by atoms with Crippen molar-refractivity contribution in [3.05, 3.63) is 65.4 Å². The minimum Gasteiger partial charge on any atom is -0.496 e. The third-order valence-electron chi connectivity index (χ3n) is 4.17. The summed E-state index contributed by atoms with van der Waals surface area (Å²) in [4.78, 5) is 13.1. The van der Waals surface area contributed by atoms with Gasteiger partial charge in [0.05, 0.1) is 22.7 Å². The number of anilines is 1. The number of hydrogen-bond donors (Lipinski definition) is 1. The first-order chi connectivity index (χ1) is 12.7. The van der Waals surface area contributed by atoms with Gasteiger partial charge in [-0.3, -0.25) is 0 Å². The molecule has 0 aliphatic carbocycles. The first kappa shape index (κ1) is 16.5. The van der Waals surface area contributed by atoms with Crippen LogP contribution in [0, 0.1) is 0 Å². The molecule has 0 aliphatic heterocycles. The van der Waals surface area contributed by atoms with Crippen LogP contribution in [-0.4, -0.2) is 22.1 Å². The molecule has 2 heterocycles. The fourth-order valence-electron chi connectivity index (χ4n) is 2.88. The first-order valence-electron chi connectivity index (χ1n) is 7.98. The van der Waals surface area contributed by atoms with E-state index in [1.165, 1.54) is 6.33 Å². The summed E-state index contributed by atoms with van der Waals surface area (Å²) >= 11 is 3.55. The molecule has 0 unspecified atom stereocenters. The summed E-state index contributed by atoms with van der Waals surface area (Å²) in [5, 5.41) is 0.731. The van der Waals surface area contributed by atoms with Crippen LogP contribution in [0.2, 0.25) is 0 Å². The van der Waals surface area contributed by atoms with E-state index in [-0.39, 0.29) is 0 Å². The number of nitrogens with zero attached hydrogens (tertiary/aromatic N) is 3. The van der Waals surface area contributed by atoms with Gasteiger partial charge < -0.3 is 10.5 Å². The number of ether oxygens (including phenoxy) is 1. The Kier molecular flexibility index (Phi) is 4.26. The Hall–Kier alpha value is -2.99. The zero-order valence-corrected chi connectivity index (χ0v) is 15.6. The van der Waals surface area contributed by atoms with Gasteiger partial charge in [-0.1, -0.05) is 36.4 Å². The third kappa shape index (κ3) is 2.88. The molecular formula is C20H15BrN4O. The molecule has 6 heteroatoms. The van der Waals surface area contributed by atoms with Crippen molar-refractivity contribution < 1.29 is 4.74 Å². The topological polar surface area (TPSA) is 73.9 Å². The molecule has 4 rings (SSSR count). The van der Waals surface area contributed by atoms with E-state index >= 15 is 0 Å². The number of nitrogen functional groups attached to an aromatic ring is 1. The molecule has 2 aromatic heterocycles. The Morgan fingerprint density at radius 2 is 1.77 bits per heavy atom. The zero-order valence-electron chi connectivity index (χ0n) is 14.0. The van der Waals surface area contributed by atoms with E-state index in [4.69, 9.17) is 15.5 Å². The summed E-state index contributed by atoms with van der Waals surface area (Å²) in [6.45, 7) is 0. The van der Waals surface area contributed by atoms with E-state index in [2.05, 4.69) is 25.9 Å². The van der Waals surface area contributed by atoms with E-state index < -0.39 is 0 Å². The molecule has 0 spiro atoms. The highest BCUT2D eigenvalue weighted by molar-refractivity contribution is 9.10. The standard InChI is InChI=1S/C20H15BrN4O/c1-26-17-8-7-13(9-16(17)21)14-10-15-19(22)23-11-24-20(15)25-18(14)12-5-3-2-4-6-12/h2-11H,1H3,(H2,22,23,24,25). The number of halogens is 1. The number of methoxy groups -OCH3 is 1. The second-order valence-corrected chi connectivity index (χ2v) is 6.58. The fraction of sp³-hybridized carbons (Fsp3) is 0.0500. The molecule has 0 aliphatic rings. The van der Waals surface area contributed by atoms with Crippen molar-refractivity contribution >= 4 is 32.8 Å². The molecule has 4 aromatic rings. The van der Waals surface area contributed by atoms with Crippen LogP contribution in [0.1, 0.15) is 0 Å². The second kappa shape index (κ2) is 6.72. The Morgan fingerprint density at radius 1 is 0.962 bits per heavy atom. The first-order valence-corrected chi connectivity index (χ1v) is 8.77. The molecule has 2 N–H and O–H groups in total. The summed E-state index contributed by atoms with van der Waals surface area (Å²) < 4.78 is 6.21. The number of hydrogen-bond acceptors (Lipinski definition) is 5. The lowest BCUT2D eigenvalue weighted by molar-refractivity contribution is 0.412. The maximum Gasteiger partial charge on any atom is 0.165 e. The molecule has 26 heavy (non-hydrogen) atoms. The van der Waals surface area contributed by atoms with Crippen molar-refractivity contribution in [2.24, 2.45) is 0 Å². The van der Waals surface area contributed by atoms with Crippen LogP contribution in [0.15, 0.2) is 65.4 Å². The van der Waals surface area contributed by atoms with Crippen LogP contribution in [0.25, 0.3) is 33.4 Å². The van der Waals surface area contributed by atoms with Gasteiger partial charge in [0.1, 0.15) is 17.9 Å². The molecule has 0 radical (unpaired) electrons. The number of benzene rings is 2. The maximum atomic E-state index is 6.05. The van der Waals surface area contributed by atoms with Gasteiger partial charge in [0, 0.05) is 11.1 Å². The number of rotatable bonds is 3. The van der Waals surface area contributed by atoms with Gasteiger partial charge in [-0.05, 0) is 39.7 Å². The van der Waals surface area contributed by atoms with E-state index in [9.17, 15) is 0 Å². The maximum absolute atomic E-state index is 6.05. The highest BCUT2D eigenvalue weighted by atomic mass is 79.9. The predicted octanol–water partition coefficient (Wildman–Crippen LogP) is 4.71. The average molecular weight is 407 g/mol. The number of pyridine rings is 1. The molecule has 2 aromatic carbocycles. The number of aromatic nitrogens is 3. The number of nitrogens with two attached hydrogens (primary N) is 1. The second-order valence-electron chi connectivity index (χ2n) is 5.73. The lowest BCUT2D eigenvalue weighted by Gasteiger charge is -2.13. The van der Waals surface area contributed by atoms with E-state index in [1.807, 2.05) is 54.6 Å². The molecule has 0 saturated heterocycles. The van der Waals surface area contributed by atoms with Crippen molar-refractivity contribution in [2.45, 2.75) is 0 Å². The molecule has 128 valence electrons. The Labute approximate surface area is 159 Å². The Bertz CT molecular complexity index is 1100. The largest absolute Gasteiger partial charge is 0.496 e. The molecular weight excluding hydrogens is 392 g/mol. The highest BCUT2D eigenvalue weighted by Gasteiger charge is 2.14. The van der Waals surface area contributed by atoms with Gasteiger partial charge in [-0.2, -0.15) is 0 Å². The van der Waals surface area contributed by atoms with E-state index in [0.717, 1.165) is 38.0 Å². The molecule has 0 amide bonds. The lowest BCUT2D eigenvalue weighted by Crippen LogP contribution is -1.98. The van der Waals surface area contributed by atoms with Crippen molar-refractivity contribution in [3.63, 3.8) is 0 Å². The number of fused-ring (bicyclic) bond motifs is 1. The SMILES string of the molecule is COc1ccc(-c2cc3c(N)ncnc3nc2-c2ccccc2)cc1Br. The summed E-state index contributed by atoms with van der Waals surface area (Å²) in [7, 11) is 1.64. The van der Waals surface area contributed by atoms with Crippen LogP contribution in [0.5, 0.6) is 5.75 Å². The van der Waals surface area contributed by atoms with Gasteiger partial charge in [0.15, 0.2) is 5.65 Å². The molecule has 5 nitrogen and oxygen atoms in total. The van der Waals surface area contributed by atoms with Crippen LogP contribution in [-0.2, 0) is 0 Å². The Morgan fingerprint density at radius 3 is 2.50 bits per heavy atom. The lowest BCUT2D eigenvalue weighted by atomic mass is 9.98. The monoisotopic (exact) mass is 406 g/mol. The molecule has 0 fully saturated rings. The average Bonchev–Trinajstić information content (AvgIpc) is 2.68. The van der Waals surface area contributed by atoms with Crippen LogP contribution >= 0.6 is 15.9 Å². The van der Waals surface area contributed by atoms with Crippen LogP contribution in [0.4, 0.5) is 5.82 Å². The van der Waals surface area contributed by atoms with Crippen LogP contribution < -0.4 is 10.5 Å². The summed E-state index contributed by atoms with van der Waals surface area (Å²) in [6.07, 6.45) is 1.43. The van der Waals surface area contributed by atoms with E-state index in [1.54, 1.807) is 7.11 Å². The van der Waals surface area contributed by atoms with Crippen molar-refractivity contribution in [2.75, 3.05) is 12.8 Å². The molecule has 0 bridgehead atoms. The van der Waals surface area contributed by atoms with Gasteiger partial charge in [-0.15, -0.1) is 0 Å². The summed E-state index contributed by atoms with van der Waals surface area (Å²) in [6, 6.07) is 17.9. The minimum absolute atomic E-state index is 0.413. The Balaban J connectivity index is 2.02. The predicted molar refractivity (Wildman–Crippen MR) is 107 cm³/mol. The van der Waals surface area contributed by atoms with Crippen molar-refractivity contribution in [3.8, 4) is 28.1 Å². The van der Waals surface area contributed by atoms with Gasteiger partial charge in [-0.25, -0.2) is 15.0 Å². The van der Waals surface area contributed by atoms with Crippen molar-refractivity contribution in [1.82, 2.24) is 15.0 Å².